The molecule has 0 saturated heterocycles. The van der Waals surface area contributed by atoms with Crippen LogP contribution in [0.1, 0.15) is 181 Å². The van der Waals surface area contributed by atoms with Crippen LogP contribution in [0.4, 0.5) is 0 Å². The second-order valence-electron chi connectivity index (χ2n) is 11.5. The van der Waals surface area contributed by atoms with Crippen molar-refractivity contribution in [3.63, 3.8) is 0 Å². The molecule has 0 aromatic heterocycles. The number of unbranched alkanes of at least 4 members (excludes halogenated alkanes) is 16. The van der Waals surface area contributed by atoms with E-state index in [1.807, 2.05) is 0 Å². The summed E-state index contributed by atoms with van der Waals surface area (Å²) in [4.78, 5) is 23.9. The molecule has 0 aromatic rings. The molecule has 232 valence electrons. The minimum absolute atomic E-state index is 0.000219. The Morgan fingerprint density at radius 1 is 0.513 bits per heavy atom. The van der Waals surface area contributed by atoms with Crippen molar-refractivity contribution in [1.82, 2.24) is 5.32 Å². The minimum atomic E-state index is -0.0115. The topological polar surface area (TPSA) is 64.6 Å². The van der Waals surface area contributed by atoms with Crippen molar-refractivity contribution in [3.05, 3.63) is 0 Å². The molecule has 1 atom stereocenters. The average molecular weight is 554 g/mol. The van der Waals surface area contributed by atoms with Gasteiger partial charge in [-0.05, 0) is 58.0 Å². The van der Waals surface area contributed by atoms with E-state index in [1.165, 1.54) is 83.5 Å². The van der Waals surface area contributed by atoms with Gasteiger partial charge in [-0.1, -0.05) is 124 Å². The summed E-state index contributed by atoms with van der Waals surface area (Å²) >= 11 is 0. The van der Waals surface area contributed by atoms with Gasteiger partial charge in [0.1, 0.15) is 6.10 Å². The molecule has 0 amide bonds. The smallest absolute Gasteiger partial charge is 0.306 e. The van der Waals surface area contributed by atoms with Gasteiger partial charge in [0.05, 0.1) is 6.61 Å². The van der Waals surface area contributed by atoms with Crippen molar-refractivity contribution in [2.75, 3.05) is 19.7 Å². The first kappa shape index (κ1) is 37.9. The Balaban J connectivity index is 3.32. The summed E-state index contributed by atoms with van der Waals surface area (Å²) in [6, 6.07) is 0. The van der Waals surface area contributed by atoms with Gasteiger partial charge >= 0.3 is 11.9 Å². The Bertz CT molecular complexity index is 525. The van der Waals surface area contributed by atoms with E-state index < -0.39 is 0 Å². The van der Waals surface area contributed by atoms with Crippen LogP contribution in [0, 0.1) is 0 Å². The van der Waals surface area contributed by atoms with E-state index in [0.29, 0.717) is 19.4 Å². The molecule has 0 spiro atoms. The summed E-state index contributed by atoms with van der Waals surface area (Å²) in [5, 5.41) is 3.56. The van der Waals surface area contributed by atoms with Crippen molar-refractivity contribution in [1.29, 1.82) is 0 Å². The lowest BCUT2D eigenvalue weighted by Gasteiger charge is -2.17. The monoisotopic (exact) mass is 554 g/mol. The second-order valence-corrected chi connectivity index (χ2v) is 11.5. The van der Waals surface area contributed by atoms with Crippen LogP contribution in [0.2, 0.25) is 0 Å². The molecule has 0 bridgehead atoms. The summed E-state index contributed by atoms with van der Waals surface area (Å²) in [7, 11) is 0. The van der Waals surface area contributed by atoms with Crippen LogP contribution >= 0.6 is 0 Å². The van der Waals surface area contributed by atoms with E-state index in [9.17, 15) is 9.59 Å². The first-order valence-corrected chi connectivity index (χ1v) is 17.2. The molecular formula is C34H67NO4. The van der Waals surface area contributed by atoms with Crippen LogP contribution in [-0.2, 0) is 19.1 Å². The molecule has 0 aliphatic carbocycles. The molecule has 5 heteroatoms. The number of hydrogen-bond acceptors (Lipinski definition) is 5. The third-order valence-electron chi connectivity index (χ3n) is 7.52. The van der Waals surface area contributed by atoms with Crippen LogP contribution < -0.4 is 5.32 Å². The Labute approximate surface area is 243 Å². The number of carbonyl (C=O) groups is 2. The van der Waals surface area contributed by atoms with E-state index in [-0.39, 0.29) is 18.0 Å². The Hall–Kier alpha value is -1.10. The fourth-order valence-electron chi connectivity index (χ4n) is 4.98. The molecule has 0 aromatic carbocycles. The zero-order valence-corrected chi connectivity index (χ0v) is 26.5. The third kappa shape index (κ3) is 29.7. The molecule has 39 heavy (non-hydrogen) atoms. The maximum Gasteiger partial charge on any atom is 0.306 e. The lowest BCUT2D eigenvalue weighted by atomic mass is 10.1. The highest BCUT2D eigenvalue weighted by atomic mass is 16.5. The second kappa shape index (κ2) is 31.4. The Morgan fingerprint density at radius 3 is 1.56 bits per heavy atom. The van der Waals surface area contributed by atoms with Crippen LogP contribution in [0.3, 0.4) is 0 Å². The maximum atomic E-state index is 12.1. The van der Waals surface area contributed by atoms with Crippen LogP contribution in [0.5, 0.6) is 0 Å². The number of hydrogen-bond donors (Lipinski definition) is 1. The van der Waals surface area contributed by atoms with Gasteiger partial charge in [-0.2, -0.15) is 0 Å². The molecule has 0 aliphatic rings. The molecule has 0 aliphatic heterocycles. The molecule has 0 rings (SSSR count). The minimum Gasteiger partial charge on any atom is -0.466 e. The largest absolute Gasteiger partial charge is 0.466 e. The highest BCUT2D eigenvalue weighted by Crippen LogP contribution is 2.14. The van der Waals surface area contributed by atoms with Crippen LogP contribution in [-0.4, -0.2) is 37.7 Å². The Morgan fingerprint density at radius 2 is 1.00 bits per heavy atom. The van der Waals surface area contributed by atoms with Crippen molar-refractivity contribution < 1.29 is 19.1 Å². The molecule has 1 unspecified atom stereocenters. The lowest BCUT2D eigenvalue weighted by molar-refractivity contribution is -0.150. The summed E-state index contributed by atoms with van der Waals surface area (Å²) in [6.45, 7) is 9.37. The zero-order chi connectivity index (χ0) is 28.7. The van der Waals surface area contributed by atoms with Crippen LogP contribution in [0.15, 0.2) is 0 Å². The number of rotatable bonds is 31. The predicted octanol–water partition coefficient (Wildman–Crippen LogP) is 9.84. The van der Waals surface area contributed by atoms with E-state index in [2.05, 4.69) is 26.1 Å². The summed E-state index contributed by atoms with van der Waals surface area (Å²) in [5.74, 6) is -0.0113. The fourth-order valence-corrected chi connectivity index (χ4v) is 4.98. The highest BCUT2D eigenvalue weighted by molar-refractivity contribution is 5.69. The number of nitrogens with one attached hydrogen (secondary N) is 1. The molecule has 0 saturated carbocycles. The molecule has 0 fully saturated rings. The number of esters is 2. The standard InChI is InChI=1S/C34H67NO4/c1-4-7-9-10-11-12-19-24-31-38-33(36)27-20-15-13-17-22-29-35-30-23-18-14-16-21-28-34(37)39-32(25-6-3)26-8-5-2/h32,35H,4-31H2,1-3H3. The van der Waals surface area contributed by atoms with Crippen molar-refractivity contribution >= 4 is 11.9 Å². The molecule has 0 heterocycles. The van der Waals surface area contributed by atoms with Gasteiger partial charge in [0.2, 0.25) is 0 Å². The summed E-state index contributed by atoms with van der Waals surface area (Å²) < 4.78 is 11.1. The fraction of sp³-hybridized carbons (Fsp3) is 0.941. The molecule has 1 N–H and O–H groups in total. The van der Waals surface area contributed by atoms with Gasteiger partial charge in [0.15, 0.2) is 0 Å². The zero-order valence-electron chi connectivity index (χ0n) is 26.5. The van der Waals surface area contributed by atoms with Crippen LogP contribution in [0.25, 0.3) is 0 Å². The maximum absolute atomic E-state index is 12.1. The van der Waals surface area contributed by atoms with E-state index >= 15 is 0 Å². The Kier molecular flexibility index (Phi) is 30.5. The normalized spacial score (nSPS) is 12.0. The van der Waals surface area contributed by atoms with E-state index in [4.69, 9.17) is 9.47 Å². The SMILES string of the molecule is CCCCCCCCCCOC(=O)CCCCCCCNCCCCCCCC(=O)OC(CCC)CCCC. The lowest BCUT2D eigenvalue weighted by Crippen LogP contribution is -2.18. The first-order chi connectivity index (χ1) is 19.1. The number of ether oxygens (including phenoxy) is 2. The van der Waals surface area contributed by atoms with Gasteiger partial charge in [0.25, 0.3) is 0 Å². The highest BCUT2D eigenvalue weighted by Gasteiger charge is 2.12. The van der Waals surface area contributed by atoms with Crippen molar-refractivity contribution in [3.8, 4) is 0 Å². The van der Waals surface area contributed by atoms with Gasteiger partial charge in [-0.25, -0.2) is 0 Å². The predicted molar refractivity (Wildman–Crippen MR) is 166 cm³/mol. The first-order valence-electron chi connectivity index (χ1n) is 17.2. The van der Waals surface area contributed by atoms with E-state index in [0.717, 1.165) is 77.3 Å². The summed E-state index contributed by atoms with van der Waals surface area (Å²) in [5.41, 5.74) is 0. The van der Waals surface area contributed by atoms with Gasteiger partial charge < -0.3 is 14.8 Å². The molecular weight excluding hydrogens is 486 g/mol. The molecule has 0 radical (unpaired) electrons. The number of carbonyl (C=O) groups excluding carboxylic acids is 2. The van der Waals surface area contributed by atoms with Gasteiger partial charge in [0, 0.05) is 12.8 Å². The van der Waals surface area contributed by atoms with Crippen molar-refractivity contribution in [2.24, 2.45) is 0 Å². The van der Waals surface area contributed by atoms with E-state index in [1.54, 1.807) is 0 Å². The molecule has 5 nitrogen and oxygen atoms in total. The van der Waals surface area contributed by atoms with Gasteiger partial charge in [-0.3, -0.25) is 9.59 Å². The van der Waals surface area contributed by atoms with Crippen molar-refractivity contribution in [2.45, 2.75) is 187 Å². The third-order valence-corrected chi connectivity index (χ3v) is 7.52. The quantitative estimate of drug-likeness (QED) is 0.0683. The van der Waals surface area contributed by atoms with Gasteiger partial charge in [-0.15, -0.1) is 0 Å². The average Bonchev–Trinajstić information content (AvgIpc) is 2.93. The summed E-state index contributed by atoms with van der Waals surface area (Å²) in [6.07, 6.45) is 28.3.